The minimum atomic E-state index is -5.08. The number of piperazine rings is 1. The summed E-state index contributed by atoms with van der Waals surface area (Å²) in [5, 5.41) is 40.6. The molecule has 0 unspecified atom stereocenters. The zero-order chi connectivity index (χ0) is 59.3. The number of carboxylic acids is 3. The first-order valence-corrected chi connectivity index (χ1v) is 24.5. The molecule has 4 aromatic carbocycles. The number of amides is 4. The largest absolute Gasteiger partial charge is 0.490 e. The van der Waals surface area contributed by atoms with Crippen molar-refractivity contribution in [3.8, 4) is 0 Å². The Morgan fingerprint density at radius 1 is 0.633 bits per heavy atom. The third-order valence-electron chi connectivity index (χ3n) is 10.8. The highest BCUT2D eigenvalue weighted by Gasteiger charge is 2.39. The number of rotatable bonds is 8. The van der Waals surface area contributed by atoms with Crippen molar-refractivity contribution in [3.63, 3.8) is 0 Å². The van der Waals surface area contributed by atoms with Crippen LogP contribution in [0, 0.1) is 5.41 Å². The van der Waals surface area contributed by atoms with Crippen LogP contribution in [0.15, 0.2) is 103 Å². The number of amidine groups is 1. The Morgan fingerprint density at radius 2 is 1.08 bits per heavy atom. The van der Waals surface area contributed by atoms with E-state index in [-0.39, 0.29) is 62.4 Å². The van der Waals surface area contributed by atoms with Crippen LogP contribution in [0.3, 0.4) is 0 Å². The molecule has 5 heterocycles. The van der Waals surface area contributed by atoms with E-state index in [0.29, 0.717) is 54.1 Å². The highest BCUT2D eigenvalue weighted by atomic mass is 32.2. The van der Waals surface area contributed by atoms with Crippen LogP contribution in [0.25, 0.3) is 0 Å². The van der Waals surface area contributed by atoms with Crippen LogP contribution >= 0.6 is 0 Å². The molecule has 1 fully saturated rings. The van der Waals surface area contributed by atoms with Gasteiger partial charge in [0.1, 0.15) is 17.9 Å². The number of benzene rings is 4. The molecule has 31 heteroatoms. The van der Waals surface area contributed by atoms with E-state index in [0.717, 1.165) is 11.1 Å². The molecule has 5 aliphatic heterocycles. The Bertz CT molecular complexity index is 2780. The Morgan fingerprint density at radius 3 is 1.54 bits per heavy atom. The Kier molecular flexibility index (Phi) is 24.4. The molecule has 0 aliphatic carbocycles. The number of nitrogen functional groups attached to an aromatic ring is 1. The summed E-state index contributed by atoms with van der Waals surface area (Å²) < 4.78 is 125. The van der Waals surface area contributed by atoms with Gasteiger partial charge in [-0.3, -0.25) is 34.4 Å². The fraction of sp³-hybridized carbons (Fsp3) is 0.333. The quantitative estimate of drug-likeness (QED) is 0.0689. The minimum Gasteiger partial charge on any atom is -0.475 e. The molecule has 0 radical (unpaired) electrons. The number of alkyl halides is 9. The van der Waals surface area contributed by atoms with Crippen LogP contribution in [0.1, 0.15) is 33.4 Å². The summed E-state index contributed by atoms with van der Waals surface area (Å²) in [6.45, 7) is 3.40. The monoisotopic (exact) mass is 1150 g/mol. The van der Waals surface area contributed by atoms with Crippen molar-refractivity contribution < 1.29 is 96.8 Å². The van der Waals surface area contributed by atoms with Gasteiger partial charge in [-0.2, -0.15) is 39.5 Å². The average molecular weight is 1150 g/mol. The van der Waals surface area contributed by atoms with E-state index in [4.69, 9.17) is 40.8 Å². The molecule has 1 saturated heterocycles. The first kappa shape index (κ1) is 65.1. The number of hydrogen-bond acceptors (Lipinski definition) is 12. The van der Waals surface area contributed by atoms with E-state index in [2.05, 4.69) is 30.9 Å². The zero-order valence-corrected chi connectivity index (χ0v) is 41.9. The van der Waals surface area contributed by atoms with Crippen LogP contribution in [-0.2, 0) is 75.3 Å². The number of sulfonamides is 1. The molecule has 4 amide bonds. The molecule has 430 valence electrons. The lowest BCUT2D eigenvalue weighted by Crippen LogP contribution is -2.55. The number of anilines is 1. The molecule has 0 spiro atoms. The number of carbonyl (C=O) groups is 7. The Balaban J connectivity index is 0.000000658. The van der Waals surface area contributed by atoms with E-state index >= 15 is 0 Å². The highest BCUT2D eigenvalue weighted by molar-refractivity contribution is 7.88. The second kappa shape index (κ2) is 29.5. The van der Waals surface area contributed by atoms with Crippen molar-refractivity contribution in [2.75, 3.05) is 44.6 Å². The highest BCUT2D eigenvalue weighted by Crippen LogP contribution is 2.17. The maximum Gasteiger partial charge on any atom is 0.490 e. The third-order valence-corrected chi connectivity index (χ3v) is 12.1. The van der Waals surface area contributed by atoms with Gasteiger partial charge in [0.25, 0.3) is 0 Å². The molecule has 79 heavy (non-hydrogen) atoms. The molecule has 11 N–H and O–H groups in total. The molecule has 4 aromatic rings. The summed E-state index contributed by atoms with van der Waals surface area (Å²) in [6, 6.07) is 27.2. The molecule has 6 bridgehead atoms. The van der Waals surface area contributed by atoms with Crippen molar-refractivity contribution in [1.82, 2.24) is 30.5 Å². The summed E-state index contributed by atoms with van der Waals surface area (Å²) in [5.41, 5.74) is 10.1. The second-order valence-electron chi connectivity index (χ2n) is 17.0. The summed E-state index contributed by atoms with van der Waals surface area (Å²) in [5.74, 6) is -10.2. The number of hydrogen-bond donors (Lipinski definition) is 10. The maximum absolute atomic E-state index is 14.2. The smallest absolute Gasteiger partial charge is 0.475 e. The molecule has 2 atom stereocenters. The number of nitrogens with two attached hydrogens (primary N) is 1. The van der Waals surface area contributed by atoms with Crippen LogP contribution in [0.5, 0.6) is 0 Å². The number of nitrogens with zero attached hydrogens (tertiary/aromatic N) is 2. The molecule has 21 nitrogen and oxygen atoms in total. The number of nitrogens with one attached hydrogen (secondary N) is 6. The zero-order valence-electron chi connectivity index (χ0n) is 41.0. The lowest BCUT2D eigenvalue weighted by Gasteiger charge is -2.33. The van der Waals surface area contributed by atoms with Crippen LogP contribution < -0.4 is 31.7 Å². The van der Waals surface area contributed by atoms with Crippen LogP contribution in [0.4, 0.5) is 45.2 Å². The van der Waals surface area contributed by atoms with Gasteiger partial charge in [-0.1, -0.05) is 91.0 Å². The topological polar surface area (TPSA) is 331 Å². The van der Waals surface area contributed by atoms with E-state index in [1.165, 1.54) is 0 Å². The van der Waals surface area contributed by atoms with Gasteiger partial charge in [-0.25, -0.2) is 27.5 Å². The number of halogens is 9. The summed E-state index contributed by atoms with van der Waals surface area (Å²) in [7, 11) is -4.04. The SMILES string of the molecule is N=C(N)c1ccc(CNC(=O)[C@@H]2Cc3ccc(cc3)NC(=O)CN3CCN(CC3)CC(=O)NCc3ccc(cc3)C[C@@H](NS(=O)(=O)Cc3ccccc3)C(=O)N2)cc1.O=C(O)C(F)(F)F.O=C(O)C(F)(F)F.O=C(O)C(F)(F)F. The fourth-order valence-corrected chi connectivity index (χ4v) is 8.13. The first-order valence-electron chi connectivity index (χ1n) is 22.8. The van der Waals surface area contributed by atoms with Gasteiger partial charge < -0.3 is 42.3 Å². The van der Waals surface area contributed by atoms with Crippen molar-refractivity contribution >= 4 is 63.1 Å². The fourth-order valence-electron chi connectivity index (χ4n) is 6.79. The Hall–Kier alpha value is -8.16. The number of carboxylic acid groups (broad SMARTS) is 3. The predicted octanol–water partition coefficient (Wildman–Crippen LogP) is 3.13. The lowest BCUT2D eigenvalue weighted by molar-refractivity contribution is -0.193. The normalized spacial score (nSPS) is 18.3. The van der Waals surface area contributed by atoms with Crippen LogP contribution in [0.2, 0.25) is 0 Å². The summed E-state index contributed by atoms with van der Waals surface area (Å²) in [6.07, 6.45) is -15.2. The van der Waals surface area contributed by atoms with Crippen molar-refractivity contribution in [2.24, 2.45) is 5.73 Å². The lowest BCUT2D eigenvalue weighted by atomic mass is 10.0. The molecule has 5 aliphatic rings. The predicted molar refractivity (Wildman–Crippen MR) is 262 cm³/mol. The second-order valence-corrected chi connectivity index (χ2v) is 18.8. The van der Waals surface area contributed by atoms with Crippen LogP contribution in [-0.4, -0.2) is 151 Å². The molecule has 0 aromatic heterocycles. The van der Waals surface area contributed by atoms with Gasteiger partial charge in [0, 0.05) is 56.9 Å². The molecule has 9 rings (SSSR count). The van der Waals surface area contributed by atoms with Gasteiger partial charge in [0.05, 0.1) is 18.8 Å². The van der Waals surface area contributed by atoms with Gasteiger partial charge >= 0.3 is 36.4 Å². The first-order chi connectivity index (χ1) is 36.7. The summed E-state index contributed by atoms with van der Waals surface area (Å²) >= 11 is 0. The maximum atomic E-state index is 14.2. The molecular weight excluding hydrogens is 1100 g/mol. The van der Waals surface area contributed by atoms with Crippen molar-refractivity contribution in [2.45, 2.75) is 62.3 Å². The summed E-state index contributed by atoms with van der Waals surface area (Å²) in [4.78, 5) is 84.6. The van der Waals surface area contributed by atoms with E-state index in [9.17, 15) is 67.1 Å². The average Bonchev–Trinajstić information content (AvgIpc) is 3.36. The number of aliphatic carboxylic acids is 3. The Labute approximate surface area is 443 Å². The van der Waals surface area contributed by atoms with E-state index in [1.54, 1.807) is 91.0 Å². The standard InChI is InChI=1S/C42H49N9O6S.3C2HF3O2/c43-40(44)34-14-10-32(11-15-34)25-46-41(54)36-22-30-12-16-35(17-13-30)47-39(53)27-51-20-18-50(19-21-51)26-38(52)45-24-31-8-6-29(7-9-31)23-37(42(55)48-36)49-58(56,57)28-33-4-2-1-3-5-33;3*3-2(4,5)1(6)7/h1-17,36-37,49H,18-28H2,(H3,43,44)(H,45,52)(H,46,54)(H,47,53)(H,48,55);3*(H,6,7)/t36-,37+;;;/m0.../s1. The van der Waals surface area contributed by atoms with Gasteiger partial charge in [0.15, 0.2) is 0 Å². The molecular formula is C48H52F9N9O12S. The number of carbonyl (C=O) groups excluding carboxylic acids is 4. The minimum absolute atomic E-state index is 0.0241. The third kappa shape index (κ3) is 24.8. The van der Waals surface area contributed by atoms with E-state index in [1.807, 2.05) is 17.0 Å². The van der Waals surface area contributed by atoms with E-state index < -0.39 is 70.4 Å². The van der Waals surface area contributed by atoms with Gasteiger partial charge in [-0.05, 0) is 46.4 Å². The van der Waals surface area contributed by atoms with Gasteiger partial charge in [0.2, 0.25) is 33.7 Å². The molecule has 0 saturated carbocycles. The number of fused-ring (bicyclic) bond motifs is 3. The van der Waals surface area contributed by atoms with Crippen molar-refractivity contribution in [1.29, 1.82) is 5.41 Å². The van der Waals surface area contributed by atoms with Gasteiger partial charge in [-0.15, -0.1) is 0 Å². The van der Waals surface area contributed by atoms with Crippen molar-refractivity contribution in [3.05, 3.63) is 137 Å².